The van der Waals surface area contributed by atoms with Crippen LogP contribution in [0.1, 0.15) is 42.3 Å². The van der Waals surface area contributed by atoms with Crippen LogP contribution in [0.2, 0.25) is 10.0 Å². The van der Waals surface area contributed by atoms with Crippen LogP contribution in [0.25, 0.3) is 11.0 Å². The van der Waals surface area contributed by atoms with Crippen LogP contribution in [0.15, 0.2) is 60.7 Å². The maximum Gasteiger partial charge on any atom is 0.244 e. The van der Waals surface area contributed by atoms with Crippen LogP contribution in [0, 0.1) is 6.92 Å². The number of nitrogens with one attached hydrogen (secondary N) is 1. The topological polar surface area (TPSA) is 46.9 Å². The Balaban J connectivity index is 1.63. The van der Waals surface area contributed by atoms with Crippen LogP contribution in [-0.4, -0.2) is 15.5 Å². The Kier molecular flexibility index (Phi) is 6.54. The molecule has 0 unspecified atom stereocenters. The van der Waals surface area contributed by atoms with Crippen molar-refractivity contribution in [2.24, 2.45) is 0 Å². The molecule has 3 aromatic carbocycles. The molecule has 1 N–H and O–H groups in total. The van der Waals surface area contributed by atoms with Crippen molar-refractivity contribution in [3.05, 3.63) is 93.2 Å². The lowest BCUT2D eigenvalue weighted by molar-refractivity contribution is -0.116. The minimum absolute atomic E-state index is 0.0902. The zero-order valence-electron chi connectivity index (χ0n) is 18.3. The standard InChI is InChI=1S/C26H25Cl2N3O/c1-16(2)19-10-8-17(3)23(14-19)30-26(32)15-31-24-7-5-4-6-22(24)29-25(31)13-18-9-11-20(27)21(28)12-18/h4-12,14,16H,13,15H2,1-3H3,(H,30,32). The third-order valence-electron chi connectivity index (χ3n) is 5.58. The van der Waals surface area contributed by atoms with Gasteiger partial charge in [-0.3, -0.25) is 4.79 Å². The average Bonchev–Trinajstić information content (AvgIpc) is 3.09. The number of rotatable bonds is 6. The number of anilines is 1. The lowest BCUT2D eigenvalue weighted by Gasteiger charge is -2.14. The number of imidazole rings is 1. The van der Waals surface area contributed by atoms with Crippen LogP contribution >= 0.6 is 23.2 Å². The molecular formula is C26H25Cl2N3O. The number of carbonyl (C=O) groups excluding carboxylic acids is 1. The molecule has 0 aliphatic rings. The first-order chi connectivity index (χ1) is 15.3. The number of para-hydroxylation sites is 2. The zero-order valence-corrected chi connectivity index (χ0v) is 19.8. The van der Waals surface area contributed by atoms with Gasteiger partial charge in [0.1, 0.15) is 12.4 Å². The third-order valence-corrected chi connectivity index (χ3v) is 6.32. The van der Waals surface area contributed by atoms with E-state index in [1.165, 1.54) is 5.56 Å². The number of amides is 1. The molecule has 0 aliphatic heterocycles. The van der Waals surface area contributed by atoms with E-state index in [9.17, 15) is 4.79 Å². The Morgan fingerprint density at radius 3 is 2.56 bits per heavy atom. The van der Waals surface area contributed by atoms with E-state index in [0.29, 0.717) is 22.4 Å². The number of fused-ring (bicyclic) bond motifs is 1. The molecule has 1 heterocycles. The third kappa shape index (κ3) is 4.82. The molecular weight excluding hydrogens is 441 g/mol. The summed E-state index contributed by atoms with van der Waals surface area (Å²) in [6, 6.07) is 19.6. The van der Waals surface area contributed by atoms with Crippen molar-refractivity contribution < 1.29 is 4.79 Å². The Morgan fingerprint density at radius 2 is 1.81 bits per heavy atom. The van der Waals surface area contributed by atoms with Crippen molar-refractivity contribution in [1.82, 2.24) is 9.55 Å². The number of carbonyl (C=O) groups is 1. The molecule has 32 heavy (non-hydrogen) atoms. The predicted octanol–water partition coefficient (Wildman–Crippen LogP) is 7.00. The van der Waals surface area contributed by atoms with Crippen LogP contribution in [0.3, 0.4) is 0 Å². The lowest BCUT2D eigenvalue weighted by atomic mass is 10.0. The SMILES string of the molecule is Cc1ccc(C(C)C)cc1NC(=O)Cn1c(Cc2ccc(Cl)c(Cl)c2)nc2ccccc21. The van der Waals surface area contributed by atoms with E-state index in [2.05, 4.69) is 31.3 Å². The molecule has 0 aliphatic carbocycles. The molecule has 6 heteroatoms. The van der Waals surface area contributed by atoms with Gasteiger partial charge in [0.25, 0.3) is 0 Å². The molecule has 0 bridgehead atoms. The van der Waals surface area contributed by atoms with Gasteiger partial charge in [-0.2, -0.15) is 0 Å². The highest BCUT2D eigenvalue weighted by Crippen LogP contribution is 2.26. The molecule has 0 saturated heterocycles. The Labute approximate surface area is 198 Å². The molecule has 0 spiro atoms. The Hall–Kier alpha value is -2.82. The molecule has 0 radical (unpaired) electrons. The second-order valence-corrected chi connectivity index (χ2v) is 9.12. The van der Waals surface area contributed by atoms with Gasteiger partial charge in [0.15, 0.2) is 0 Å². The summed E-state index contributed by atoms with van der Waals surface area (Å²) < 4.78 is 1.97. The first kappa shape index (κ1) is 22.4. The van der Waals surface area contributed by atoms with E-state index < -0.39 is 0 Å². The van der Waals surface area contributed by atoms with E-state index in [1.807, 2.05) is 54.0 Å². The molecule has 164 valence electrons. The van der Waals surface area contributed by atoms with E-state index in [-0.39, 0.29) is 12.5 Å². The predicted molar refractivity (Wildman–Crippen MR) is 133 cm³/mol. The summed E-state index contributed by atoms with van der Waals surface area (Å²) in [5.74, 6) is 1.10. The van der Waals surface area contributed by atoms with Gasteiger partial charge in [-0.15, -0.1) is 0 Å². The summed E-state index contributed by atoms with van der Waals surface area (Å²) in [6.45, 7) is 6.46. The second kappa shape index (κ2) is 9.35. The number of aromatic nitrogens is 2. The molecule has 0 fully saturated rings. The monoisotopic (exact) mass is 465 g/mol. The van der Waals surface area contributed by atoms with Crippen molar-refractivity contribution in [2.45, 2.75) is 39.7 Å². The van der Waals surface area contributed by atoms with Crippen LogP contribution in [-0.2, 0) is 17.8 Å². The van der Waals surface area contributed by atoms with Crippen LogP contribution < -0.4 is 5.32 Å². The molecule has 0 saturated carbocycles. The summed E-state index contributed by atoms with van der Waals surface area (Å²) in [7, 11) is 0. The molecule has 0 atom stereocenters. The van der Waals surface area contributed by atoms with Gasteiger partial charge >= 0.3 is 0 Å². The van der Waals surface area contributed by atoms with Crippen LogP contribution in [0.4, 0.5) is 5.69 Å². The highest BCUT2D eigenvalue weighted by atomic mass is 35.5. The number of halogens is 2. The summed E-state index contributed by atoms with van der Waals surface area (Å²) in [5.41, 5.74) is 5.83. The summed E-state index contributed by atoms with van der Waals surface area (Å²) in [5, 5.41) is 4.11. The fraction of sp³-hybridized carbons (Fsp3) is 0.231. The van der Waals surface area contributed by atoms with Gasteiger partial charge in [0.05, 0.1) is 21.1 Å². The average molecular weight is 466 g/mol. The summed E-state index contributed by atoms with van der Waals surface area (Å²) in [4.78, 5) is 17.8. The minimum atomic E-state index is -0.0902. The molecule has 4 nitrogen and oxygen atoms in total. The van der Waals surface area contributed by atoms with Gasteiger partial charge < -0.3 is 9.88 Å². The highest BCUT2D eigenvalue weighted by molar-refractivity contribution is 6.42. The van der Waals surface area contributed by atoms with Crippen molar-refractivity contribution in [3.8, 4) is 0 Å². The quantitative estimate of drug-likeness (QED) is 0.332. The van der Waals surface area contributed by atoms with Gasteiger partial charge in [0, 0.05) is 12.1 Å². The maximum absolute atomic E-state index is 13.1. The van der Waals surface area contributed by atoms with E-state index in [0.717, 1.165) is 33.7 Å². The number of aryl methyl sites for hydroxylation is 1. The molecule has 4 aromatic rings. The summed E-state index contributed by atoms with van der Waals surface area (Å²) >= 11 is 12.3. The van der Waals surface area contributed by atoms with Crippen LogP contribution in [0.5, 0.6) is 0 Å². The number of benzene rings is 3. The van der Waals surface area contributed by atoms with E-state index in [1.54, 1.807) is 6.07 Å². The minimum Gasteiger partial charge on any atom is -0.324 e. The lowest BCUT2D eigenvalue weighted by Crippen LogP contribution is -2.21. The van der Waals surface area contributed by atoms with Crippen molar-refractivity contribution in [3.63, 3.8) is 0 Å². The van der Waals surface area contributed by atoms with Gasteiger partial charge in [-0.1, -0.05) is 67.4 Å². The smallest absolute Gasteiger partial charge is 0.244 e. The molecule has 1 amide bonds. The number of nitrogens with zero attached hydrogens (tertiary/aromatic N) is 2. The normalized spacial score (nSPS) is 11.3. The molecule has 1 aromatic heterocycles. The Bertz CT molecular complexity index is 1290. The van der Waals surface area contributed by atoms with E-state index >= 15 is 0 Å². The fourth-order valence-electron chi connectivity index (χ4n) is 3.74. The number of hydrogen-bond acceptors (Lipinski definition) is 2. The molecule has 4 rings (SSSR count). The fourth-order valence-corrected chi connectivity index (χ4v) is 4.06. The highest BCUT2D eigenvalue weighted by Gasteiger charge is 2.16. The van der Waals surface area contributed by atoms with Crippen molar-refractivity contribution in [2.75, 3.05) is 5.32 Å². The zero-order chi connectivity index (χ0) is 22.8. The largest absolute Gasteiger partial charge is 0.324 e. The second-order valence-electron chi connectivity index (χ2n) is 8.31. The van der Waals surface area contributed by atoms with E-state index in [4.69, 9.17) is 28.2 Å². The van der Waals surface area contributed by atoms with Gasteiger partial charge in [-0.05, 0) is 59.9 Å². The Morgan fingerprint density at radius 1 is 1.03 bits per heavy atom. The van der Waals surface area contributed by atoms with Crippen molar-refractivity contribution in [1.29, 1.82) is 0 Å². The number of hydrogen-bond donors (Lipinski definition) is 1. The summed E-state index contributed by atoms with van der Waals surface area (Å²) in [6.07, 6.45) is 0.542. The first-order valence-electron chi connectivity index (χ1n) is 10.6. The van der Waals surface area contributed by atoms with Gasteiger partial charge in [-0.25, -0.2) is 4.98 Å². The first-order valence-corrected chi connectivity index (χ1v) is 11.4. The van der Waals surface area contributed by atoms with Crippen molar-refractivity contribution >= 4 is 45.8 Å². The maximum atomic E-state index is 13.1. The van der Waals surface area contributed by atoms with Gasteiger partial charge in [0.2, 0.25) is 5.91 Å².